The molecule has 0 aliphatic carbocycles. The zero-order chi connectivity index (χ0) is 14.7. The predicted octanol–water partition coefficient (Wildman–Crippen LogP) is 2.73. The maximum atomic E-state index is 12.1. The lowest BCUT2D eigenvalue weighted by atomic mass is 10.1. The summed E-state index contributed by atoms with van der Waals surface area (Å²) in [6, 6.07) is 15.2. The van der Waals surface area contributed by atoms with Gasteiger partial charge >= 0.3 is 0 Å². The van der Waals surface area contributed by atoms with Crippen LogP contribution >= 0.6 is 11.8 Å². The molecule has 3 rings (SSSR count). The molecule has 1 saturated heterocycles. The van der Waals surface area contributed by atoms with Crippen molar-refractivity contribution in [1.82, 2.24) is 9.88 Å². The molecule has 1 unspecified atom stereocenters. The maximum Gasteiger partial charge on any atom is 0.234 e. The third-order valence-corrected chi connectivity index (χ3v) is 4.61. The number of nitrogens with zero attached hydrogens (tertiary/aromatic N) is 3. The van der Waals surface area contributed by atoms with Crippen LogP contribution in [0.1, 0.15) is 22.2 Å². The standard InChI is InChI=1S/C16H13N3OS/c17-9-12-4-6-13(7-5-12)16-19(15(20)11-21-16)10-14-3-1-2-8-18-14/h1-8,16H,10-11H2. The molecule has 1 amide bonds. The predicted molar refractivity (Wildman–Crippen MR) is 81.1 cm³/mol. The van der Waals surface area contributed by atoms with Crippen LogP contribution in [-0.2, 0) is 11.3 Å². The number of hydrogen-bond donors (Lipinski definition) is 0. The summed E-state index contributed by atoms with van der Waals surface area (Å²) < 4.78 is 0. The van der Waals surface area contributed by atoms with Gasteiger partial charge in [-0.1, -0.05) is 18.2 Å². The minimum Gasteiger partial charge on any atom is -0.320 e. The van der Waals surface area contributed by atoms with Crippen molar-refractivity contribution in [3.8, 4) is 6.07 Å². The summed E-state index contributed by atoms with van der Waals surface area (Å²) >= 11 is 1.61. The van der Waals surface area contributed by atoms with Crippen molar-refractivity contribution in [2.75, 3.05) is 5.75 Å². The Morgan fingerprint density at radius 1 is 1.29 bits per heavy atom. The van der Waals surface area contributed by atoms with Crippen LogP contribution in [0.5, 0.6) is 0 Å². The van der Waals surface area contributed by atoms with E-state index in [-0.39, 0.29) is 11.3 Å². The van der Waals surface area contributed by atoms with Gasteiger partial charge in [0.2, 0.25) is 5.91 Å². The molecule has 1 atom stereocenters. The highest BCUT2D eigenvalue weighted by molar-refractivity contribution is 8.00. The smallest absolute Gasteiger partial charge is 0.234 e. The average molecular weight is 295 g/mol. The Balaban J connectivity index is 1.83. The molecule has 1 aliphatic rings. The Morgan fingerprint density at radius 2 is 2.10 bits per heavy atom. The summed E-state index contributed by atoms with van der Waals surface area (Å²) in [6.07, 6.45) is 1.74. The number of amides is 1. The van der Waals surface area contributed by atoms with Gasteiger partial charge in [0.15, 0.2) is 0 Å². The van der Waals surface area contributed by atoms with E-state index in [1.807, 2.05) is 35.2 Å². The second-order valence-electron chi connectivity index (χ2n) is 4.74. The molecule has 0 bridgehead atoms. The molecule has 0 saturated carbocycles. The first-order chi connectivity index (χ1) is 10.3. The van der Waals surface area contributed by atoms with E-state index in [0.717, 1.165) is 11.3 Å². The van der Waals surface area contributed by atoms with E-state index in [0.29, 0.717) is 17.9 Å². The van der Waals surface area contributed by atoms with Gasteiger partial charge in [-0.25, -0.2) is 0 Å². The first kappa shape index (κ1) is 13.7. The largest absolute Gasteiger partial charge is 0.320 e. The van der Waals surface area contributed by atoms with Gasteiger partial charge in [0.05, 0.1) is 29.6 Å². The molecule has 1 aromatic heterocycles. The van der Waals surface area contributed by atoms with Gasteiger partial charge in [0.1, 0.15) is 5.37 Å². The molecule has 0 radical (unpaired) electrons. The molecule has 1 aliphatic heterocycles. The number of nitriles is 1. The van der Waals surface area contributed by atoms with Crippen molar-refractivity contribution in [2.45, 2.75) is 11.9 Å². The summed E-state index contributed by atoms with van der Waals surface area (Å²) in [5.74, 6) is 0.609. The fourth-order valence-electron chi connectivity index (χ4n) is 2.29. The van der Waals surface area contributed by atoms with E-state index in [2.05, 4.69) is 11.1 Å². The second kappa shape index (κ2) is 5.98. The Hall–Kier alpha value is -2.32. The number of pyridine rings is 1. The molecule has 5 heteroatoms. The van der Waals surface area contributed by atoms with Crippen molar-refractivity contribution in [2.24, 2.45) is 0 Å². The third kappa shape index (κ3) is 2.91. The van der Waals surface area contributed by atoms with Gasteiger partial charge in [-0.3, -0.25) is 9.78 Å². The van der Waals surface area contributed by atoms with Crippen molar-refractivity contribution in [3.05, 3.63) is 65.5 Å². The first-order valence-electron chi connectivity index (χ1n) is 6.59. The van der Waals surface area contributed by atoms with E-state index in [1.54, 1.807) is 30.1 Å². The molecule has 1 aromatic carbocycles. The van der Waals surface area contributed by atoms with E-state index in [9.17, 15) is 4.79 Å². The lowest BCUT2D eigenvalue weighted by molar-refractivity contribution is -0.128. The number of carbonyl (C=O) groups excluding carboxylic acids is 1. The number of aromatic nitrogens is 1. The first-order valence-corrected chi connectivity index (χ1v) is 7.64. The van der Waals surface area contributed by atoms with Crippen LogP contribution in [0, 0.1) is 11.3 Å². The van der Waals surface area contributed by atoms with Crippen LogP contribution < -0.4 is 0 Å². The number of thioether (sulfide) groups is 1. The zero-order valence-electron chi connectivity index (χ0n) is 11.3. The molecule has 0 spiro atoms. The van der Waals surface area contributed by atoms with Crippen LogP contribution in [0.25, 0.3) is 0 Å². The van der Waals surface area contributed by atoms with E-state index in [4.69, 9.17) is 5.26 Å². The van der Waals surface area contributed by atoms with Crippen LogP contribution in [0.4, 0.5) is 0 Å². The van der Waals surface area contributed by atoms with Crippen LogP contribution in [0.2, 0.25) is 0 Å². The lowest BCUT2D eigenvalue weighted by Gasteiger charge is -2.23. The van der Waals surface area contributed by atoms with Crippen molar-refractivity contribution in [1.29, 1.82) is 5.26 Å². The van der Waals surface area contributed by atoms with Gasteiger partial charge < -0.3 is 4.90 Å². The van der Waals surface area contributed by atoms with Gasteiger partial charge in [-0.2, -0.15) is 5.26 Å². The van der Waals surface area contributed by atoms with Crippen LogP contribution in [-0.4, -0.2) is 21.5 Å². The Bertz CT molecular complexity index is 679. The van der Waals surface area contributed by atoms with Gasteiger partial charge in [0.25, 0.3) is 0 Å². The Labute approximate surface area is 127 Å². The van der Waals surface area contributed by atoms with Gasteiger partial charge in [-0.15, -0.1) is 11.8 Å². The van der Waals surface area contributed by atoms with Gasteiger partial charge in [0, 0.05) is 6.20 Å². The molecule has 4 nitrogen and oxygen atoms in total. The number of carbonyl (C=O) groups is 1. The fourth-order valence-corrected chi connectivity index (χ4v) is 3.48. The maximum absolute atomic E-state index is 12.1. The highest BCUT2D eigenvalue weighted by Crippen LogP contribution is 2.39. The fraction of sp³-hybridized carbons (Fsp3) is 0.188. The lowest BCUT2D eigenvalue weighted by Crippen LogP contribution is -2.28. The second-order valence-corrected chi connectivity index (χ2v) is 5.81. The molecule has 0 N–H and O–H groups in total. The molecular formula is C16H13N3OS. The zero-order valence-corrected chi connectivity index (χ0v) is 12.1. The van der Waals surface area contributed by atoms with Crippen molar-refractivity contribution >= 4 is 17.7 Å². The Kier molecular flexibility index (Phi) is 3.89. The van der Waals surface area contributed by atoms with Crippen LogP contribution in [0.15, 0.2) is 48.7 Å². The average Bonchev–Trinajstić information content (AvgIpc) is 2.90. The number of benzene rings is 1. The SMILES string of the molecule is N#Cc1ccc(C2SCC(=O)N2Cc2ccccn2)cc1. The molecule has 2 aromatic rings. The third-order valence-electron chi connectivity index (χ3n) is 3.35. The molecular weight excluding hydrogens is 282 g/mol. The number of hydrogen-bond acceptors (Lipinski definition) is 4. The minimum absolute atomic E-state index is 0.00718. The highest BCUT2D eigenvalue weighted by Gasteiger charge is 2.32. The van der Waals surface area contributed by atoms with E-state index in [1.165, 1.54) is 0 Å². The molecule has 104 valence electrons. The minimum atomic E-state index is -0.00718. The summed E-state index contributed by atoms with van der Waals surface area (Å²) in [4.78, 5) is 18.2. The summed E-state index contributed by atoms with van der Waals surface area (Å²) in [5, 5.41) is 8.85. The van der Waals surface area contributed by atoms with Crippen molar-refractivity contribution in [3.63, 3.8) is 0 Å². The molecule has 1 fully saturated rings. The molecule has 2 heterocycles. The van der Waals surface area contributed by atoms with Gasteiger partial charge in [-0.05, 0) is 29.8 Å². The van der Waals surface area contributed by atoms with Crippen LogP contribution in [0.3, 0.4) is 0 Å². The topological polar surface area (TPSA) is 57.0 Å². The number of rotatable bonds is 3. The Morgan fingerprint density at radius 3 is 2.76 bits per heavy atom. The normalized spacial score (nSPS) is 17.8. The summed E-state index contributed by atoms with van der Waals surface area (Å²) in [7, 11) is 0. The van der Waals surface area contributed by atoms with E-state index >= 15 is 0 Å². The highest BCUT2D eigenvalue weighted by atomic mass is 32.2. The monoisotopic (exact) mass is 295 g/mol. The quantitative estimate of drug-likeness (QED) is 0.873. The molecule has 21 heavy (non-hydrogen) atoms. The summed E-state index contributed by atoms with van der Waals surface area (Å²) in [6.45, 7) is 0.511. The van der Waals surface area contributed by atoms with E-state index < -0.39 is 0 Å². The summed E-state index contributed by atoms with van der Waals surface area (Å²) in [5.41, 5.74) is 2.55. The van der Waals surface area contributed by atoms with Crippen molar-refractivity contribution < 1.29 is 4.79 Å².